The summed E-state index contributed by atoms with van der Waals surface area (Å²) in [7, 11) is 1.33. The van der Waals surface area contributed by atoms with E-state index in [2.05, 4.69) is 10.1 Å². The van der Waals surface area contributed by atoms with Gasteiger partial charge in [0, 0.05) is 0 Å². The maximum absolute atomic E-state index is 11.5. The van der Waals surface area contributed by atoms with E-state index >= 15 is 0 Å². The highest BCUT2D eigenvalue weighted by Crippen LogP contribution is 2.07. The Morgan fingerprint density at radius 2 is 1.76 bits per heavy atom. The summed E-state index contributed by atoms with van der Waals surface area (Å²) >= 11 is 0. The maximum atomic E-state index is 11.5. The first-order valence-corrected chi connectivity index (χ1v) is 5.70. The van der Waals surface area contributed by atoms with Gasteiger partial charge in [0.05, 0.1) is 13.7 Å². The Bertz CT molecular complexity index is 268. The van der Waals surface area contributed by atoms with E-state index in [4.69, 9.17) is 4.74 Å². The fraction of sp³-hybridized carbons (Fsp3) is 0.833. The minimum absolute atomic E-state index is 0.00475. The van der Waals surface area contributed by atoms with Crippen LogP contribution in [0.2, 0.25) is 0 Å². The van der Waals surface area contributed by atoms with Crippen LogP contribution in [-0.4, -0.2) is 37.2 Å². The summed E-state index contributed by atoms with van der Waals surface area (Å²) in [6, 6.07) is -0.493. The summed E-state index contributed by atoms with van der Waals surface area (Å²) in [5, 5.41) is 2.84. The van der Waals surface area contributed by atoms with E-state index in [1.807, 2.05) is 13.8 Å². The molecule has 1 N–H and O–H groups in total. The van der Waals surface area contributed by atoms with Gasteiger partial charge in [-0.15, -0.1) is 0 Å². The number of methoxy groups -OCH3 is 1. The molecular formula is C12H23NO4. The summed E-state index contributed by atoms with van der Waals surface area (Å²) in [6.07, 6.45) is 0. The molecule has 5 heteroatoms. The summed E-state index contributed by atoms with van der Waals surface area (Å²) in [5.74, 6) is -0.708. The number of hydrogen-bond donors (Lipinski definition) is 1. The van der Waals surface area contributed by atoms with Crippen LogP contribution in [0.3, 0.4) is 0 Å². The molecule has 1 atom stereocenters. The highest BCUT2D eigenvalue weighted by molar-refractivity contribution is 5.78. The van der Waals surface area contributed by atoms with Crippen molar-refractivity contribution in [2.45, 2.75) is 46.3 Å². The van der Waals surface area contributed by atoms with Crippen molar-refractivity contribution in [1.29, 1.82) is 0 Å². The molecule has 0 heterocycles. The van der Waals surface area contributed by atoms with E-state index in [9.17, 15) is 9.59 Å². The molecule has 0 aromatic carbocycles. The van der Waals surface area contributed by atoms with Crippen molar-refractivity contribution in [2.24, 2.45) is 5.92 Å². The number of carbonyl (C=O) groups excluding carboxylic acids is 2. The van der Waals surface area contributed by atoms with Gasteiger partial charge in [-0.25, -0.2) is 0 Å². The van der Waals surface area contributed by atoms with Crippen LogP contribution in [0.5, 0.6) is 0 Å². The van der Waals surface area contributed by atoms with Gasteiger partial charge in [-0.1, -0.05) is 13.8 Å². The zero-order chi connectivity index (χ0) is 13.6. The monoisotopic (exact) mass is 245 g/mol. The third-order valence-corrected chi connectivity index (χ3v) is 2.01. The maximum Gasteiger partial charge on any atom is 0.323 e. The van der Waals surface area contributed by atoms with E-state index in [0.717, 1.165) is 0 Å². The largest absolute Gasteiger partial charge is 0.468 e. The van der Waals surface area contributed by atoms with Gasteiger partial charge in [0.2, 0.25) is 0 Å². The van der Waals surface area contributed by atoms with Gasteiger partial charge >= 0.3 is 11.9 Å². The lowest BCUT2D eigenvalue weighted by Gasteiger charge is -2.22. The van der Waals surface area contributed by atoms with E-state index in [1.54, 1.807) is 20.8 Å². The summed E-state index contributed by atoms with van der Waals surface area (Å²) in [6.45, 7) is 9.14. The predicted molar refractivity (Wildman–Crippen MR) is 64.5 cm³/mol. The van der Waals surface area contributed by atoms with E-state index < -0.39 is 11.6 Å². The fourth-order valence-corrected chi connectivity index (χ4v) is 1.29. The number of rotatable bonds is 5. The van der Waals surface area contributed by atoms with Crippen LogP contribution in [0.25, 0.3) is 0 Å². The highest BCUT2D eigenvalue weighted by atomic mass is 16.6. The van der Waals surface area contributed by atoms with Crippen molar-refractivity contribution in [2.75, 3.05) is 13.7 Å². The normalized spacial score (nSPS) is 13.4. The van der Waals surface area contributed by atoms with Gasteiger partial charge in [0.25, 0.3) is 0 Å². The predicted octanol–water partition coefficient (Wildman–Crippen LogP) is 1.12. The second-order valence-electron chi connectivity index (χ2n) is 5.21. The molecule has 0 fully saturated rings. The first kappa shape index (κ1) is 15.9. The average molecular weight is 245 g/mol. The lowest BCUT2D eigenvalue weighted by Crippen LogP contribution is -2.45. The van der Waals surface area contributed by atoms with Crippen molar-refractivity contribution in [3.63, 3.8) is 0 Å². The number of carbonyl (C=O) groups is 2. The van der Waals surface area contributed by atoms with Crippen LogP contribution < -0.4 is 5.32 Å². The molecule has 0 aromatic rings. The molecule has 100 valence electrons. The third kappa shape index (κ3) is 6.94. The Hall–Kier alpha value is -1.10. The Labute approximate surface area is 103 Å². The molecule has 0 aromatic heterocycles. The van der Waals surface area contributed by atoms with Crippen LogP contribution in [-0.2, 0) is 19.1 Å². The summed E-state index contributed by atoms with van der Waals surface area (Å²) < 4.78 is 9.78. The quantitative estimate of drug-likeness (QED) is 0.735. The minimum atomic E-state index is -0.517. The molecule has 0 rings (SSSR count). The van der Waals surface area contributed by atoms with E-state index in [1.165, 1.54) is 7.11 Å². The van der Waals surface area contributed by atoms with Crippen LogP contribution in [0.1, 0.15) is 34.6 Å². The molecule has 0 spiro atoms. The molecule has 17 heavy (non-hydrogen) atoms. The molecule has 0 bridgehead atoms. The standard InChI is InChI=1S/C12H23NO4/c1-8(2)10(11(15)16-6)13-7-9(14)17-12(3,4)5/h8,10,13H,7H2,1-6H3. The average Bonchev–Trinajstić information content (AvgIpc) is 2.14. The van der Waals surface area contributed by atoms with Crippen molar-refractivity contribution in [3.05, 3.63) is 0 Å². The Kier molecular flexibility index (Phi) is 6.16. The second-order valence-corrected chi connectivity index (χ2v) is 5.21. The van der Waals surface area contributed by atoms with Crippen LogP contribution >= 0.6 is 0 Å². The van der Waals surface area contributed by atoms with Crippen LogP contribution in [0, 0.1) is 5.92 Å². The first-order chi connectivity index (χ1) is 7.67. The topological polar surface area (TPSA) is 64.6 Å². The Morgan fingerprint density at radius 3 is 2.12 bits per heavy atom. The lowest BCUT2D eigenvalue weighted by atomic mass is 10.0. The fourth-order valence-electron chi connectivity index (χ4n) is 1.29. The smallest absolute Gasteiger partial charge is 0.323 e. The van der Waals surface area contributed by atoms with E-state index in [0.29, 0.717) is 0 Å². The van der Waals surface area contributed by atoms with E-state index in [-0.39, 0.29) is 24.4 Å². The number of esters is 2. The SMILES string of the molecule is COC(=O)C(NCC(=O)OC(C)(C)C)C(C)C. The molecule has 1 unspecified atom stereocenters. The van der Waals surface area contributed by atoms with Crippen molar-refractivity contribution < 1.29 is 19.1 Å². The zero-order valence-electron chi connectivity index (χ0n) is 11.5. The molecule has 0 aliphatic heterocycles. The molecule has 5 nitrogen and oxygen atoms in total. The third-order valence-electron chi connectivity index (χ3n) is 2.01. The summed E-state index contributed by atoms with van der Waals surface area (Å²) in [5.41, 5.74) is -0.517. The number of nitrogens with one attached hydrogen (secondary N) is 1. The number of hydrogen-bond acceptors (Lipinski definition) is 5. The molecular weight excluding hydrogens is 222 g/mol. The van der Waals surface area contributed by atoms with Crippen molar-refractivity contribution in [3.8, 4) is 0 Å². The van der Waals surface area contributed by atoms with Crippen molar-refractivity contribution in [1.82, 2.24) is 5.32 Å². The Balaban J connectivity index is 4.23. The van der Waals surface area contributed by atoms with Gasteiger partial charge in [0.1, 0.15) is 11.6 Å². The van der Waals surface area contributed by atoms with Gasteiger partial charge in [-0.3, -0.25) is 14.9 Å². The highest BCUT2D eigenvalue weighted by Gasteiger charge is 2.24. The molecule has 0 radical (unpaired) electrons. The zero-order valence-corrected chi connectivity index (χ0v) is 11.5. The Morgan fingerprint density at radius 1 is 1.24 bits per heavy atom. The van der Waals surface area contributed by atoms with Gasteiger partial charge in [-0.2, -0.15) is 0 Å². The van der Waals surface area contributed by atoms with Gasteiger partial charge in [0.15, 0.2) is 0 Å². The minimum Gasteiger partial charge on any atom is -0.468 e. The van der Waals surface area contributed by atoms with Crippen molar-refractivity contribution >= 4 is 11.9 Å². The molecule has 0 aliphatic carbocycles. The second kappa shape index (κ2) is 6.59. The number of ether oxygens (including phenoxy) is 2. The van der Waals surface area contributed by atoms with Crippen LogP contribution in [0.15, 0.2) is 0 Å². The molecule has 0 amide bonds. The molecule has 0 saturated carbocycles. The first-order valence-electron chi connectivity index (χ1n) is 5.70. The summed E-state index contributed by atoms with van der Waals surface area (Å²) in [4.78, 5) is 22.9. The van der Waals surface area contributed by atoms with Gasteiger partial charge in [-0.05, 0) is 26.7 Å². The molecule has 0 aliphatic rings. The van der Waals surface area contributed by atoms with Crippen LogP contribution in [0.4, 0.5) is 0 Å². The lowest BCUT2D eigenvalue weighted by molar-refractivity contribution is -0.154. The van der Waals surface area contributed by atoms with Gasteiger partial charge < -0.3 is 9.47 Å². The molecule has 0 saturated heterocycles.